The van der Waals surface area contributed by atoms with Gasteiger partial charge >= 0.3 is 0 Å². The molecule has 0 saturated heterocycles. The van der Waals surface area contributed by atoms with Gasteiger partial charge in [-0.1, -0.05) is 36.0 Å². The summed E-state index contributed by atoms with van der Waals surface area (Å²) in [7, 11) is 0. The van der Waals surface area contributed by atoms with Crippen molar-refractivity contribution >= 4 is 23.1 Å². The first kappa shape index (κ1) is 14.5. The van der Waals surface area contributed by atoms with Crippen molar-refractivity contribution < 1.29 is 0 Å². The second-order valence-corrected chi connectivity index (χ2v) is 6.90. The lowest BCUT2D eigenvalue weighted by atomic mass is 10.2. The molecule has 23 heavy (non-hydrogen) atoms. The monoisotopic (exact) mass is 320 g/mol. The van der Waals surface area contributed by atoms with Gasteiger partial charge in [-0.25, -0.2) is 0 Å². The molecule has 4 rings (SSSR count). The van der Waals surface area contributed by atoms with Crippen molar-refractivity contribution in [3.05, 3.63) is 73.1 Å². The van der Waals surface area contributed by atoms with Crippen LogP contribution in [-0.2, 0) is 6.54 Å². The zero-order chi connectivity index (χ0) is 15.5. The molecular formula is C20H20N2S. The molecule has 0 bridgehead atoms. The van der Waals surface area contributed by atoms with Gasteiger partial charge in [0.1, 0.15) is 0 Å². The van der Waals surface area contributed by atoms with E-state index >= 15 is 0 Å². The minimum Gasteiger partial charge on any atom is -0.354 e. The first-order valence-corrected chi connectivity index (χ1v) is 8.98. The van der Waals surface area contributed by atoms with Crippen LogP contribution in [0.15, 0.2) is 82.8 Å². The number of para-hydroxylation sites is 2. The molecular weight excluding hydrogens is 300 g/mol. The van der Waals surface area contributed by atoms with Gasteiger partial charge in [-0.2, -0.15) is 0 Å². The maximum atomic E-state index is 2.48. The summed E-state index contributed by atoms with van der Waals surface area (Å²) >= 11 is 1.88. The molecule has 0 spiro atoms. The van der Waals surface area contributed by atoms with Crippen LogP contribution in [0.1, 0.15) is 12.8 Å². The summed E-state index contributed by atoms with van der Waals surface area (Å²) < 4.78 is 2.26. The van der Waals surface area contributed by atoms with E-state index in [4.69, 9.17) is 0 Å². The molecule has 3 heteroatoms. The largest absolute Gasteiger partial charge is 0.354 e. The summed E-state index contributed by atoms with van der Waals surface area (Å²) in [5, 5.41) is 0. The van der Waals surface area contributed by atoms with E-state index in [1.54, 1.807) is 0 Å². The van der Waals surface area contributed by atoms with Crippen LogP contribution in [0, 0.1) is 0 Å². The third kappa shape index (κ3) is 3.02. The quantitative estimate of drug-likeness (QED) is 0.568. The molecule has 0 atom stereocenters. The molecule has 0 saturated carbocycles. The van der Waals surface area contributed by atoms with E-state index < -0.39 is 0 Å². The molecule has 1 aliphatic rings. The van der Waals surface area contributed by atoms with Gasteiger partial charge in [0, 0.05) is 35.3 Å². The van der Waals surface area contributed by atoms with Crippen molar-refractivity contribution in [3.8, 4) is 0 Å². The van der Waals surface area contributed by atoms with Gasteiger partial charge in [-0.15, -0.1) is 0 Å². The molecule has 3 aromatic rings. The Morgan fingerprint density at radius 3 is 1.87 bits per heavy atom. The summed E-state index contributed by atoms with van der Waals surface area (Å²) in [6, 6.07) is 21.6. The van der Waals surface area contributed by atoms with Gasteiger partial charge in [-0.3, -0.25) is 0 Å². The average molecular weight is 320 g/mol. The normalized spacial score (nSPS) is 12.8. The number of rotatable bonds is 5. The van der Waals surface area contributed by atoms with E-state index in [-0.39, 0.29) is 0 Å². The summed E-state index contributed by atoms with van der Waals surface area (Å²) in [4.78, 5) is 5.20. The molecule has 0 fully saturated rings. The molecule has 2 nitrogen and oxygen atoms in total. The molecule has 0 aliphatic carbocycles. The Morgan fingerprint density at radius 1 is 0.652 bits per heavy atom. The van der Waals surface area contributed by atoms with Crippen LogP contribution in [-0.4, -0.2) is 11.1 Å². The van der Waals surface area contributed by atoms with Crippen molar-refractivity contribution in [1.82, 2.24) is 4.57 Å². The first-order chi connectivity index (χ1) is 11.4. The fourth-order valence-electron chi connectivity index (χ4n) is 3.11. The Labute approximate surface area is 141 Å². The second-order valence-electron chi connectivity index (χ2n) is 5.82. The van der Waals surface area contributed by atoms with E-state index in [0.29, 0.717) is 0 Å². The summed E-state index contributed by atoms with van der Waals surface area (Å²) in [5.41, 5.74) is 2.69. The molecule has 116 valence electrons. The van der Waals surface area contributed by atoms with Crippen LogP contribution in [0.2, 0.25) is 0 Å². The lowest BCUT2D eigenvalue weighted by Gasteiger charge is -2.32. The van der Waals surface area contributed by atoms with Crippen molar-refractivity contribution in [2.24, 2.45) is 0 Å². The van der Waals surface area contributed by atoms with E-state index in [0.717, 1.165) is 13.1 Å². The number of benzene rings is 2. The fourth-order valence-corrected chi connectivity index (χ4v) is 4.20. The number of fused-ring (bicyclic) bond motifs is 2. The highest BCUT2D eigenvalue weighted by molar-refractivity contribution is 7.99. The highest BCUT2D eigenvalue weighted by atomic mass is 32.2. The number of nitrogens with zero attached hydrogens (tertiary/aromatic N) is 2. The van der Waals surface area contributed by atoms with E-state index in [1.165, 1.54) is 34.0 Å². The number of unbranched alkanes of at least 4 members (excludes halogenated alkanes) is 1. The van der Waals surface area contributed by atoms with Crippen molar-refractivity contribution in [2.75, 3.05) is 11.4 Å². The Kier molecular flexibility index (Phi) is 4.12. The lowest BCUT2D eigenvalue weighted by molar-refractivity contribution is 0.612. The van der Waals surface area contributed by atoms with Gasteiger partial charge in [0.2, 0.25) is 0 Å². The van der Waals surface area contributed by atoms with Crippen molar-refractivity contribution in [3.63, 3.8) is 0 Å². The molecule has 0 amide bonds. The van der Waals surface area contributed by atoms with Gasteiger partial charge < -0.3 is 9.47 Å². The van der Waals surface area contributed by atoms with Crippen molar-refractivity contribution in [1.29, 1.82) is 0 Å². The molecule has 1 aromatic heterocycles. The highest BCUT2D eigenvalue weighted by Crippen LogP contribution is 2.47. The molecule has 0 N–H and O–H groups in total. The molecule has 1 aliphatic heterocycles. The standard InChI is InChI=1S/C20H20N2S/c1-3-11-19-17(9-1)22(18-10-2-4-12-20(18)23-19)16-8-7-15-21-13-5-6-14-21/h1-6,9-14H,7-8,15-16H2. The van der Waals surface area contributed by atoms with Gasteiger partial charge in [0.05, 0.1) is 11.4 Å². The second kappa shape index (κ2) is 6.55. The first-order valence-electron chi connectivity index (χ1n) is 8.16. The number of aryl methyl sites for hydroxylation is 1. The number of anilines is 2. The van der Waals surface area contributed by atoms with Crippen LogP contribution >= 0.6 is 11.8 Å². The van der Waals surface area contributed by atoms with Crippen LogP contribution in [0.5, 0.6) is 0 Å². The summed E-state index contributed by atoms with van der Waals surface area (Å²) in [6.07, 6.45) is 6.67. The zero-order valence-corrected chi connectivity index (χ0v) is 13.9. The Balaban J connectivity index is 1.50. The SMILES string of the molecule is c1ccc2c(c1)Sc1ccccc1N2CCCCn1cccc1. The average Bonchev–Trinajstić information content (AvgIpc) is 3.11. The summed E-state index contributed by atoms with van der Waals surface area (Å²) in [6.45, 7) is 2.16. The van der Waals surface area contributed by atoms with Gasteiger partial charge in [0.25, 0.3) is 0 Å². The molecule has 2 aromatic carbocycles. The van der Waals surface area contributed by atoms with E-state index in [9.17, 15) is 0 Å². The third-order valence-electron chi connectivity index (χ3n) is 4.25. The fraction of sp³-hybridized carbons (Fsp3) is 0.200. The predicted molar refractivity (Wildman–Crippen MR) is 97.7 cm³/mol. The van der Waals surface area contributed by atoms with Crippen LogP contribution in [0.4, 0.5) is 11.4 Å². The summed E-state index contributed by atoms with van der Waals surface area (Å²) in [5.74, 6) is 0. The highest BCUT2D eigenvalue weighted by Gasteiger charge is 2.21. The third-order valence-corrected chi connectivity index (χ3v) is 5.38. The van der Waals surface area contributed by atoms with Gasteiger partial charge in [0.15, 0.2) is 0 Å². The topological polar surface area (TPSA) is 8.17 Å². The van der Waals surface area contributed by atoms with Gasteiger partial charge in [-0.05, 0) is 49.2 Å². The Bertz CT molecular complexity index is 734. The van der Waals surface area contributed by atoms with Crippen LogP contribution in [0.3, 0.4) is 0 Å². The van der Waals surface area contributed by atoms with Crippen LogP contribution in [0.25, 0.3) is 0 Å². The van der Waals surface area contributed by atoms with E-state index in [2.05, 4.69) is 82.5 Å². The molecule has 0 unspecified atom stereocenters. The lowest BCUT2D eigenvalue weighted by Crippen LogP contribution is -2.22. The maximum absolute atomic E-state index is 2.48. The number of hydrogen-bond donors (Lipinski definition) is 0. The number of hydrogen-bond acceptors (Lipinski definition) is 2. The maximum Gasteiger partial charge on any atom is 0.0552 e. The molecule has 2 heterocycles. The smallest absolute Gasteiger partial charge is 0.0552 e. The number of aromatic nitrogens is 1. The Morgan fingerprint density at radius 2 is 1.22 bits per heavy atom. The Hall–Kier alpha value is -2.13. The van der Waals surface area contributed by atoms with Crippen LogP contribution < -0.4 is 4.90 Å². The van der Waals surface area contributed by atoms with E-state index in [1.807, 2.05) is 11.8 Å². The minimum absolute atomic E-state index is 1.07. The zero-order valence-electron chi connectivity index (χ0n) is 13.1. The minimum atomic E-state index is 1.07. The van der Waals surface area contributed by atoms with Crippen molar-refractivity contribution in [2.45, 2.75) is 29.2 Å². The molecule has 0 radical (unpaired) electrons. The predicted octanol–water partition coefficient (Wildman–Crippen LogP) is 5.57.